The lowest BCUT2D eigenvalue weighted by Crippen LogP contribution is -2.44. The predicted molar refractivity (Wildman–Crippen MR) is 75.9 cm³/mol. The summed E-state index contributed by atoms with van der Waals surface area (Å²) in [4.78, 5) is 11.6. The molecular formula is C16H16N2O2. The van der Waals surface area contributed by atoms with Crippen molar-refractivity contribution >= 4 is 6.09 Å². The molecule has 0 spiro atoms. The first-order valence-corrected chi connectivity index (χ1v) is 7.02. The Hall–Kier alpha value is -2.07. The SMILES string of the molecule is O=C(O)N1NC2CC=CC3=C2C1C1=C(C=C3)CCC=C1. The number of carbonyl (C=O) groups is 1. The third kappa shape index (κ3) is 1.55. The lowest BCUT2D eigenvalue weighted by molar-refractivity contribution is 0.124. The van der Waals surface area contributed by atoms with Gasteiger partial charge in [0, 0.05) is 0 Å². The molecule has 4 rings (SSSR count). The van der Waals surface area contributed by atoms with Gasteiger partial charge in [-0.3, -0.25) is 0 Å². The highest BCUT2D eigenvalue weighted by Gasteiger charge is 2.44. The largest absolute Gasteiger partial charge is 0.464 e. The van der Waals surface area contributed by atoms with Crippen LogP contribution in [0, 0.1) is 0 Å². The molecule has 1 fully saturated rings. The van der Waals surface area contributed by atoms with Crippen molar-refractivity contribution in [1.29, 1.82) is 0 Å². The summed E-state index contributed by atoms with van der Waals surface area (Å²) in [5, 5.41) is 10.9. The fraction of sp³-hybridized carbons (Fsp3) is 0.312. The number of carboxylic acid groups (broad SMARTS) is 1. The van der Waals surface area contributed by atoms with Crippen LogP contribution in [0.3, 0.4) is 0 Å². The molecule has 0 aromatic rings. The van der Waals surface area contributed by atoms with Crippen LogP contribution in [0.15, 0.2) is 58.7 Å². The molecule has 0 aromatic heterocycles. The van der Waals surface area contributed by atoms with Crippen LogP contribution in [0.1, 0.15) is 19.3 Å². The molecule has 2 atom stereocenters. The topological polar surface area (TPSA) is 52.6 Å². The lowest BCUT2D eigenvalue weighted by Gasteiger charge is -2.25. The van der Waals surface area contributed by atoms with E-state index >= 15 is 0 Å². The maximum absolute atomic E-state index is 11.6. The van der Waals surface area contributed by atoms with Crippen molar-refractivity contribution in [1.82, 2.24) is 10.4 Å². The van der Waals surface area contributed by atoms with E-state index in [1.807, 2.05) is 0 Å². The molecule has 1 heterocycles. The fourth-order valence-electron chi connectivity index (χ4n) is 3.57. The van der Waals surface area contributed by atoms with Gasteiger partial charge in [-0.1, -0.05) is 36.5 Å². The van der Waals surface area contributed by atoms with Crippen molar-refractivity contribution < 1.29 is 9.90 Å². The summed E-state index contributed by atoms with van der Waals surface area (Å²) in [7, 11) is 0. The van der Waals surface area contributed by atoms with E-state index in [4.69, 9.17) is 0 Å². The number of nitrogens with zero attached hydrogens (tertiary/aromatic N) is 1. The summed E-state index contributed by atoms with van der Waals surface area (Å²) in [6.07, 6.45) is 14.7. The number of hydrogen-bond acceptors (Lipinski definition) is 2. The normalized spacial score (nSPS) is 30.5. The molecule has 0 saturated carbocycles. The third-order valence-corrected chi connectivity index (χ3v) is 4.44. The minimum Gasteiger partial charge on any atom is -0.464 e. The van der Waals surface area contributed by atoms with Gasteiger partial charge in [0.15, 0.2) is 0 Å². The standard InChI is InChI=1S/C16H16N2O2/c19-16(20)18-15-12-6-2-1-4-10(12)8-9-11-5-3-7-13(17-18)14(11)15/h2-3,5-6,8-9,13,15,17H,1,4,7H2,(H,19,20). The highest BCUT2D eigenvalue weighted by atomic mass is 16.4. The number of fused-ring (bicyclic) bond motifs is 1. The molecule has 1 amide bonds. The molecular weight excluding hydrogens is 252 g/mol. The molecule has 0 aromatic carbocycles. The predicted octanol–water partition coefficient (Wildman–Crippen LogP) is 2.69. The van der Waals surface area contributed by atoms with Crippen molar-refractivity contribution in [2.75, 3.05) is 0 Å². The second-order valence-corrected chi connectivity index (χ2v) is 5.54. The van der Waals surface area contributed by atoms with Crippen LogP contribution in [0.2, 0.25) is 0 Å². The minimum atomic E-state index is -0.913. The van der Waals surface area contributed by atoms with Crippen molar-refractivity contribution in [3.05, 3.63) is 58.7 Å². The van der Waals surface area contributed by atoms with Crippen molar-refractivity contribution in [3.63, 3.8) is 0 Å². The fourth-order valence-corrected chi connectivity index (χ4v) is 3.57. The molecule has 3 aliphatic carbocycles. The lowest BCUT2D eigenvalue weighted by atomic mass is 9.85. The first-order valence-electron chi connectivity index (χ1n) is 7.02. The first kappa shape index (κ1) is 11.7. The monoisotopic (exact) mass is 268 g/mol. The van der Waals surface area contributed by atoms with E-state index in [0.29, 0.717) is 0 Å². The van der Waals surface area contributed by atoms with Crippen molar-refractivity contribution in [2.24, 2.45) is 0 Å². The van der Waals surface area contributed by atoms with E-state index < -0.39 is 6.09 Å². The highest BCUT2D eigenvalue weighted by molar-refractivity contribution is 5.70. The van der Waals surface area contributed by atoms with Gasteiger partial charge in [0.25, 0.3) is 0 Å². The van der Waals surface area contributed by atoms with Gasteiger partial charge in [0.2, 0.25) is 0 Å². The number of nitrogens with one attached hydrogen (secondary N) is 1. The zero-order valence-electron chi connectivity index (χ0n) is 11.0. The van der Waals surface area contributed by atoms with Gasteiger partial charge in [-0.2, -0.15) is 0 Å². The van der Waals surface area contributed by atoms with Crippen LogP contribution >= 0.6 is 0 Å². The van der Waals surface area contributed by atoms with E-state index in [1.54, 1.807) is 0 Å². The number of amides is 1. The molecule has 0 radical (unpaired) electrons. The van der Waals surface area contributed by atoms with Crippen LogP contribution in [0.5, 0.6) is 0 Å². The Morgan fingerprint density at radius 3 is 3.00 bits per heavy atom. The summed E-state index contributed by atoms with van der Waals surface area (Å²) >= 11 is 0. The Labute approximate surface area is 117 Å². The maximum Gasteiger partial charge on any atom is 0.422 e. The van der Waals surface area contributed by atoms with Gasteiger partial charge in [-0.25, -0.2) is 15.2 Å². The first-order chi connectivity index (χ1) is 9.75. The van der Waals surface area contributed by atoms with Gasteiger partial charge < -0.3 is 5.11 Å². The van der Waals surface area contributed by atoms with Crippen LogP contribution in [0.25, 0.3) is 0 Å². The van der Waals surface area contributed by atoms with Gasteiger partial charge in [-0.15, -0.1) is 0 Å². The summed E-state index contributed by atoms with van der Waals surface area (Å²) in [5.41, 5.74) is 7.89. The van der Waals surface area contributed by atoms with Crippen LogP contribution in [-0.2, 0) is 0 Å². The molecule has 4 heteroatoms. The number of rotatable bonds is 0. The number of hydrogen-bond donors (Lipinski definition) is 2. The van der Waals surface area contributed by atoms with E-state index in [1.165, 1.54) is 16.2 Å². The Kier molecular flexibility index (Phi) is 2.47. The average Bonchev–Trinajstić information content (AvgIpc) is 2.77. The van der Waals surface area contributed by atoms with Crippen molar-refractivity contribution in [2.45, 2.75) is 31.3 Å². The van der Waals surface area contributed by atoms with Crippen molar-refractivity contribution in [3.8, 4) is 0 Å². The number of allylic oxidation sites excluding steroid dienone is 6. The Morgan fingerprint density at radius 2 is 2.15 bits per heavy atom. The van der Waals surface area contributed by atoms with E-state index in [-0.39, 0.29) is 12.1 Å². The smallest absolute Gasteiger partial charge is 0.422 e. The van der Waals surface area contributed by atoms with Gasteiger partial charge in [-0.05, 0) is 41.6 Å². The average molecular weight is 268 g/mol. The highest BCUT2D eigenvalue weighted by Crippen LogP contribution is 2.40. The van der Waals surface area contributed by atoms with Crippen LogP contribution in [-0.4, -0.2) is 28.3 Å². The summed E-state index contributed by atoms with van der Waals surface area (Å²) < 4.78 is 0. The molecule has 2 N–H and O–H groups in total. The van der Waals surface area contributed by atoms with Crippen LogP contribution in [0.4, 0.5) is 4.79 Å². The Balaban J connectivity index is 1.91. The maximum atomic E-state index is 11.6. The second kappa shape index (κ2) is 4.21. The second-order valence-electron chi connectivity index (χ2n) is 5.54. The van der Waals surface area contributed by atoms with Gasteiger partial charge in [0.1, 0.15) is 6.04 Å². The molecule has 4 nitrogen and oxygen atoms in total. The number of hydrazine groups is 1. The quantitative estimate of drug-likeness (QED) is 0.710. The van der Waals surface area contributed by atoms with Gasteiger partial charge >= 0.3 is 6.09 Å². The summed E-state index contributed by atoms with van der Waals surface area (Å²) in [6.45, 7) is 0. The Morgan fingerprint density at radius 1 is 1.25 bits per heavy atom. The summed E-state index contributed by atoms with van der Waals surface area (Å²) in [6, 6.07) is -0.0815. The Bertz CT molecular complexity index is 637. The molecule has 102 valence electrons. The van der Waals surface area contributed by atoms with Gasteiger partial charge in [0.05, 0.1) is 6.04 Å². The zero-order valence-corrected chi connectivity index (χ0v) is 11.0. The molecule has 2 unspecified atom stereocenters. The third-order valence-electron chi connectivity index (χ3n) is 4.44. The molecule has 0 bridgehead atoms. The molecule has 1 saturated heterocycles. The molecule has 4 aliphatic rings. The van der Waals surface area contributed by atoms with E-state index in [9.17, 15) is 9.90 Å². The van der Waals surface area contributed by atoms with E-state index in [2.05, 4.69) is 41.9 Å². The molecule has 1 aliphatic heterocycles. The summed E-state index contributed by atoms with van der Waals surface area (Å²) in [5.74, 6) is 0. The van der Waals surface area contributed by atoms with E-state index in [0.717, 1.165) is 30.4 Å². The van der Waals surface area contributed by atoms with Crippen LogP contribution < -0.4 is 5.43 Å². The minimum absolute atomic E-state index is 0.0999. The molecule has 20 heavy (non-hydrogen) atoms. The zero-order chi connectivity index (χ0) is 13.7.